The number of benzene rings is 1. The van der Waals surface area contributed by atoms with Crippen LogP contribution in [0.1, 0.15) is 12.0 Å². The number of hydrogen-bond acceptors (Lipinski definition) is 1. The van der Waals surface area contributed by atoms with Crippen LogP contribution in [0.25, 0.3) is 0 Å². The molecule has 0 bridgehead atoms. The van der Waals surface area contributed by atoms with Crippen molar-refractivity contribution in [1.29, 1.82) is 0 Å². The van der Waals surface area contributed by atoms with Crippen molar-refractivity contribution in [1.82, 2.24) is 5.32 Å². The fraction of sp³-hybridized carbons (Fsp3) is 0.455. The van der Waals surface area contributed by atoms with Crippen molar-refractivity contribution in [2.24, 2.45) is 0 Å². The van der Waals surface area contributed by atoms with Crippen LogP contribution < -0.4 is 5.32 Å². The fourth-order valence-electron chi connectivity index (χ4n) is 1.46. The van der Waals surface area contributed by atoms with Gasteiger partial charge < -0.3 is 5.32 Å². The maximum absolute atomic E-state index is 12.2. The summed E-state index contributed by atoms with van der Waals surface area (Å²) in [6, 6.07) is 6.74. The number of halogens is 4. The molecule has 1 rings (SSSR count). The molecule has 0 spiro atoms. The summed E-state index contributed by atoms with van der Waals surface area (Å²) in [5.41, 5.74) is 0.895. The van der Waals surface area contributed by atoms with Crippen molar-refractivity contribution in [3.8, 4) is 0 Å². The molecule has 1 N–H and O–H groups in total. The second-order valence-electron chi connectivity index (χ2n) is 3.64. The minimum Gasteiger partial charge on any atom is -0.316 e. The van der Waals surface area contributed by atoms with Crippen molar-refractivity contribution in [2.75, 3.05) is 7.05 Å². The molecule has 0 amide bonds. The molecule has 1 atom stereocenters. The van der Waals surface area contributed by atoms with Gasteiger partial charge in [-0.2, -0.15) is 13.2 Å². The number of nitrogens with one attached hydrogen (secondary N) is 1. The molecule has 0 saturated carbocycles. The lowest BCUT2D eigenvalue weighted by molar-refractivity contribution is -0.139. The van der Waals surface area contributed by atoms with E-state index in [0.29, 0.717) is 6.42 Å². The van der Waals surface area contributed by atoms with Crippen molar-refractivity contribution >= 4 is 15.9 Å². The molecule has 0 fully saturated rings. The van der Waals surface area contributed by atoms with Gasteiger partial charge in [-0.15, -0.1) is 0 Å². The summed E-state index contributed by atoms with van der Waals surface area (Å²) < 4.78 is 37.6. The Kier molecular flexibility index (Phi) is 4.80. The largest absolute Gasteiger partial charge is 0.390 e. The third-order valence-corrected chi connectivity index (χ3v) is 2.81. The van der Waals surface area contributed by atoms with Crippen molar-refractivity contribution in [3.63, 3.8) is 0 Å². The third kappa shape index (κ3) is 4.99. The van der Waals surface area contributed by atoms with E-state index in [2.05, 4.69) is 21.2 Å². The highest BCUT2D eigenvalue weighted by Crippen LogP contribution is 2.23. The molecule has 1 aromatic carbocycles. The lowest BCUT2D eigenvalue weighted by Crippen LogP contribution is -2.32. The first-order valence-electron chi connectivity index (χ1n) is 4.89. The molecule has 0 aliphatic carbocycles. The highest BCUT2D eigenvalue weighted by molar-refractivity contribution is 9.10. The molecular formula is C11H13BrF3N. The Hall–Kier alpha value is -0.550. The zero-order chi connectivity index (χ0) is 12.2. The second-order valence-corrected chi connectivity index (χ2v) is 4.55. The van der Waals surface area contributed by atoms with Crippen LogP contribution >= 0.6 is 15.9 Å². The summed E-state index contributed by atoms with van der Waals surface area (Å²) in [5, 5.41) is 2.69. The van der Waals surface area contributed by atoms with E-state index in [9.17, 15) is 13.2 Å². The molecule has 16 heavy (non-hydrogen) atoms. The van der Waals surface area contributed by atoms with Gasteiger partial charge in [0.1, 0.15) is 0 Å². The standard InChI is InChI=1S/C11H13BrF3N/c1-16-10(7-11(13,14)15)6-8-2-4-9(12)5-3-8/h2-5,10,16H,6-7H2,1H3. The summed E-state index contributed by atoms with van der Waals surface area (Å²) in [5.74, 6) is 0. The number of alkyl halides is 3. The molecule has 5 heteroatoms. The third-order valence-electron chi connectivity index (χ3n) is 2.28. The first-order chi connectivity index (χ1) is 7.40. The average molecular weight is 296 g/mol. The van der Waals surface area contributed by atoms with Gasteiger partial charge in [-0.25, -0.2) is 0 Å². The minimum atomic E-state index is -4.12. The first kappa shape index (κ1) is 13.5. The smallest absolute Gasteiger partial charge is 0.316 e. The Morgan fingerprint density at radius 2 is 1.81 bits per heavy atom. The molecule has 1 unspecified atom stereocenters. The zero-order valence-corrected chi connectivity index (χ0v) is 10.4. The van der Waals surface area contributed by atoms with E-state index in [1.54, 1.807) is 7.05 Å². The van der Waals surface area contributed by atoms with Crippen molar-refractivity contribution in [2.45, 2.75) is 25.1 Å². The Bertz CT molecular complexity index is 321. The number of hydrogen-bond donors (Lipinski definition) is 1. The maximum Gasteiger partial charge on any atom is 0.390 e. The van der Waals surface area contributed by atoms with Crippen LogP contribution in [0.15, 0.2) is 28.7 Å². The topological polar surface area (TPSA) is 12.0 Å². The molecule has 0 radical (unpaired) electrons. The lowest BCUT2D eigenvalue weighted by atomic mass is 10.0. The van der Waals surface area contributed by atoms with E-state index in [-0.39, 0.29) is 0 Å². The van der Waals surface area contributed by atoms with Gasteiger partial charge in [-0.1, -0.05) is 28.1 Å². The van der Waals surface area contributed by atoms with Crippen LogP contribution in [0.4, 0.5) is 13.2 Å². The zero-order valence-electron chi connectivity index (χ0n) is 8.81. The van der Waals surface area contributed by atoms with Gasteiger partial charge >= 0.3 is 6.18 Å². The van der Waals surface area contributed by atoms with E-state index in [1.807, 2.05) is 24.3 Å². The predicted molar refractivity (Wildman–Crippen MR) is 61.4 cm³/mol. The van der Waals surface area contributed by atoms with Crippen LogP contribution in [0, 0.1) is 0 Å². The molecule has 0 aliphatic heterocycles. The quantitative estimate of drug-likeness (QED) is 0.896. The highest BCUT2D eigenvalue weighted by atomic mass is 79.9. The molecule has 0 saturated heterocycles. The first-order valence-corrected chi connectivity index (χ1v) is 5.68. The van der Waals surface area contributed by atoms with Gasteiger partial charge in [0.25, 0.3) is 0 Å². The monoisotopic (exact) mass is 295 g/mol. The fourth-order valence-corrected chi connectivity index (χ4v) is 1.73. The second kappa shape index (κ2) is 5.68. The van der Waals surface area contributed by atoms with E-state index in [4.69, 9.17) is 0 Å². The Labute approximate surface area is 101 Å². The highest BCUT2D eigenvalue weighted by Gasteiger charge is 2.31. The summed E-state index contributed by atoms with van der Waals surface area (Å²) in [6.45, 7) is 0. The minimum absolute atomic E-state index is 0.378. The van der Waals surface area contributed by atoms with Crippen molar-refractivity contribution < 1.29 is 13.2 Å². The molecule has 0 heterocycles. The van der Waals surface area contributed by atoms with Crippen molar-refractivity contribution in [3.05, 3.63) is 34.3 Å². The Balaban J connectivity index is 2.60. The number of likely N-dealkylation sites (N-methyl/N-ethyl adjacent to an activating group) is 1. The summed E-state index contributed by atoms with van der Waals surface area (Å²) in [7, 11) is 1.55. The van der Waals surface area contributed by atoms with Crippen LogP contribution in [0.5, 0.6) is 0 Å². The molecule has 0 aliphatic rings. The van der Waals surface area contributed by atoms with E-state index in [0.717, 1.165) is 10.0 Å². The predicted octanol–water partition coefficient (Wildman–Crippen LogP) is 3.53. The maximum atomic E-state index is 12.2. The Morgan fingerprint density at radius 3 is 2.25 bits per heavy atom. The van der Waals surface area contributed by atoms with Gasteiger partial charge in [-0.3, -0.25) is 0 Å². The van der Waals surface area contributed by atoms with Gasteiger partial charge in [0.15, 0.2) is 0 Å². The number of rotatable bonds is 4. The van der Waals surface area contributed by atoms with Crippen LogP contribution in [0.3, 0.4) is 0 Å². The Morgan fingerprint density at radius 1 is 1.25 bits per heavy atom. The normalized spacial score (nSPS) is 13.8. The summed E-state index contributed by atoms with van der Waals surface area (Å²) >= 11 is 3.28. The van der Waals surface area contributed by atoms with Gasteiger partial charge in [-0.05, 0) is 31.2 Å². The van der Waals surface area contributed by atoms with Gasteiger partial charge in [0.2, 0.25) is 0 Å². The molecular weight excluding hydrogens is 283 g/mol. The SMILES string of the molecule is CNC(Cc1ccc(Br)cc1)CC(F)(F)F. The molecule has 0 aromatic heterocycles. The van der Waals surface area contributed by atoms with Crippen LogP contribution in [-0.4, -0.2) is 19.3 Å². The van der Waals surface area contributed by atoms with E-state index in [1.165, 1.54) is 0 Å². The van der Waals surface area contributed by atoms with Crippen LogP contribution in [0.2, 0.25) is 0 Å². The van der Waals surface area contributed by atoms with E-state index < -0.39 is 18.6 Å². The van der Waals surface area contributed by atoms with Crippen LogP contribution in [-0.2, 0) is 6.42 Å². The molecule has 1 nitrogen and oxygen atoms in total. The summed E-state index contributed by atoms with van der Waals surface area (Å²) in [4.78, 5) is 0. The van der Waals surface area contributed by atoms with E-state index >= 15 is 0 Å². The van der Waals surface area contributed by atoms with Gasteiger partial charge in [0, 0.05) is 10.5 Å². The van der Waals surface area contributed by atoms with Gasteiger partial charge in [0.05, 0.1) is 6.42 Å². The molecule has 90 valence electrons. The molecule has 1 aromatic rings. The average Bonchev–Trinajstić information content (AvgIpc) is 2.18. The summed E-state index contributed by atoms with van der Waals surface area (Å²) in [6.07, 6.45) is -4.55. The lowest BCUT2D eigenvalue weighted by Gasteiger charge is -2.18.